The van der Waals surface area contributed by atoms with Gasteiger partial charge in [0.25, 0.3) is 5.91 Å². The van der Waals surface area contributed by atoms with Crippen molar-refractivity contribution in [3.05, 3.63) is 48.0 Å². The largest absolute Gasteiger partial charge is 0.349 e. The average molecular weight is 203 g/mol. The van der Waals surface area contributed by atoms with Gasteiger partial charge in [-0.05, 0) is 19.1 Å². The number of rotatable bonds is 4. The molecule has 0 radical (unpaired) electrons. The highest BCUT2D eigenvalue weighted by atomic mass is 16.1. The molecule has 78 valence electrons. The lowest BCUT2D eigenvalue weighted by atomic mass is 10.1. The third-order valence-electron chi connectivity index (χ3n) is 1.96. The average Bonchev–Trinajstić information content (AvgIpc) is 2.26. The van der Waals surface area contributed by atoms with Gasteiger partial charge >= 0.3 is 0 Å². The van der Waals surface area contributed by atoms with Crippen LogP contribution in [0.3, 0.4) is 0 Å². The molecular formula is C12H13NO2. The molecule has 1 amide bonds. The molecule has 0 fully saturated rings. The number of carbonyl (C=O) groups is 2. The summed E-state index contributed by atoms with van der Waals surface area (Å²) in [7, 11) is 0. The van der Waals surface area contributed by atoms with Crippen LogP contribution >= 0.6 is 0 Å². The maximum absolute atomic E-state index is 11.4. The van der Waals surface area contributed by atoms with Gasteiger partial charge < -0.3 is 5.32 Å². The SMILES string of the molecule is C=CCNC(=O)c1ccc(C(C)=O)cc1. The van der Waals surface area contributed by atoms with Crippen molar-refractivity contribution in [2.45, 2.75) is 6.92 Å². The summed E-state index contributed by atoms with van der Waals surface area (Å²) < 4.78 is 0. The molecule has 0 aliphatic heterocycles. The zero-order chi connectivity index (χ0) is 11.3. The van der Waals surface area contributed by atoms with Crippen molar-refractivity contribution in [3.63, 3.8) is 0 Å². The van der Waals surface area contributed by atoms with Crippen molar-refractivity contribution in [1.29, 1.82) is 0 Å². The smallest absolute Gasteiger partial charge is 0.251 e. The van der Waals surface area contributed by atoms with E-state index in [1.807, 2.05) is 0 Å². The molecule has 0 saturated heterocycles. The molecule has 3 heteroatoms. The van der Waals surface area contributed by atoms with Crippen molar-refractivity contribution in [3.8, 4) is 0 Å². The molecule has 0 heterocycles. The molecule has 0 atom stereocenters. The van der Waals surface area contributed by atoms with Crippen LogP contribution in [0.25, 0.3) is 0 Å². The Morgan fingerprint density at radius 1 is 1.27 bits per heavy atom. The van der Waals surface area contributed by atoms with Crippen LogP contribution in [0.5, 0.6) is 0 Å². The van der Waals surface area contributed by atoms with Crippen molar-refractivity contribution >= 4 is 11.7 Å². The predicted octanol–water partition coefficient (Wildman–Crippen LogP) is 1.80. The van der Waals surface area contributed by atoms with Crippen LogP contribution in [0, 0.1) is 0 Å². The summed E-state index contributed by atoms with van der Waals surface area (Å²) in [6.07, 6.45) is 1.61. The first-order chi connectivity index (χ1) is 7.15. The molecule has 3 nitrogen and oxygen atoms in total. The highest BCUT2D eigenvalue weighted by Crippen LogP contribution is 2.04. The van der Waals surface area contributed by atoms with Crippen molar-refractivity contribution in [2.24, 2.45) is 0 Å². The van der Waals surface area contributed by atoms with E-state index in [0.717, 1.165) is 0 Å². The van der Waals surface area contributed by atoms with Crippen LogP contribution in [0.4, 0.5) is 0 Å². The van der Waals surface area contributed by atoms with Crippen LogP contribution in [-0.2, 0) is 0 Å². The molecule has 0 spiro atoms. The molecule has 0 unspecified atom stereocenters. The fourth-order valence-corrected chi connectivity index (χ4v) is 1.12. The van der Waals surface area contributed by atoms with E-state index in [1.54, 1.807) is 30.3 Å². The highest BCUT2D eigenvalue weighted by molar-refractivity contribution is 5.97. The molecule has 15 heavy (non-hydrogen) atoms. The van der Waals surface area contributed by atoms with Gasteiger partial charge in [0, 0.05) is 17.7 Å². The molecule has 1 aromatic carbocycles. The molecule has 0 saturated carbocycles. The number of Topliss-reactive ketones (excluding diaryl/α,β-unsaturated/α-hetero) is 1. The number of hydrogen-bond donors (Lipinski definition) is 1. The van der Waals surface area contributed by atoms with Gasteiger partial charge in [0.2, 0.25) is 0 Å². The fraction of sp³-hybridized carbons (Fsp3) is 0.167. The summed E-state index contributed by atoms with van der Waals surface area (Å²) in [6.45, 7) is 5.43. The molecule has 1 aromatic rings. The second-order valence-corrected chi connectivity index (χ2v) is 3.13. The summed E-state index contributed by atoms with van der Waals surface area (Å²) in [5.74, 6) is -0.168. The van der Waals surface area contributed by atoms with E-state index >= 15 is 0 Å². The van der Waals surface area contributed by atoms with Gasteiger partial charge in [-0.15, -0.1) is 6.58 Å². The van der Waals surface area contributed by atoms with Gasteiger partial charge in [-0.1, -0.05) is 18.2 Å². The van der Waals surface area contributed by atoms with Crippen LogP contribution in [0.1, 0.15) is 27.6 Å². The maximum atomic E-state index is 11.4. The second-order valence-electron chi connectivity index (χ2n) is 3.13. The topological polar surface area (TPSA) is 46.2 Å². The van der Waals surface area contributed by atoms with Crippen molar-refractivity contribution in [1.82, 2.24) is 5.32 Å². The summed E-state index contributed by atoms with van der Waals surface area (Å²) in [5.41, 5.74) is 1.15. The zero-order valence-corrected chi connectivity index (χ0v) is 8.62. The quantitative estimate of drug-likeness (QED) is 0.599. The number of nitrogens with one attached hydrogen (secondary N) is 1. The van der Waals surface area contributed by atoms with Crippen LogP contribution in [0.2, 0.25) is 0 Å². The highest BCUT2D eigenvalue weighted by Gasteiger charge is 2.04. The molecular weight excluding hydrogens is 190 g/mol. The van der Waals surface area contributed by atoms with Gasteiger partial charge in [0.1, 0.15) is 0 Å². The van der Waals surface area contributed by atoms with E-state index in [1.165, 1.54) is 6.92 Å². The minimum absolute atomic E-state index is 0.00644. The first-order valence-corrected chi connectivity index (χ1v) is 4.65. The van der Waals surface area contributed by atoms with Gasteiger partial charge in [-0.25, -0.2) is 0 Å². The minimum Gasteiger partial charge on any atom is -0.349 e. The maximum Gasteiger partial charge on any atom is 0.251 e. The standard InChI is InChI=1S/C12H13NO2/c1-3-8-13-12(15)11-6-4-10(5-7-11)9(2)14/h3-7H,1,8H2,2H3,(H,13,15). The summed E-state index contributed by atoms with van der Waals surface area (Å²) in [4.78, 5) is 22.4. The van der Waals surface area contributed by atoms with Gasteiger partial charge in [-0.3, -0.25) is 9.59 Å². The van der Waals surface area contributed by atoms with E-state index in [4.69, 9.17) is 0 Å². The van der Waals surface area contributed by atoms with Crippen LogP contribution in [0.15, 0.2) is 36.9 Å². The number of carbonyl (C=O) groups excluding carboxylic acids is 2. The first-order valence-electron chi connectivity index (χ1n) is 4.65. The second kappa shape index (κ2) is 5.10. The third-order valence-corrected chi connectivity index (χ3v) is 1.96. The molecule has 0 aliphatic carbocycles. The monoisotopic (exact) mass is 203 g/mol. The number of hydrogen-bond acceptors (Lipinski definition) is 2. The molecule has 0 aromatic heterocycles. The van der Waals surface area contributed by atoms with Crippen LogP contribution in [-0.4, -0.2) is 18.2 Å². The number of ketones is 1. The Bertz CT molecular complexity index is 379. The van der Waals surface area contributed by atoms with E-state index in [-0.39, 0.29) is 11.7 Å². The third kappa shape index (κ3) is 3.06. The van der Waals surface area contributed by atoms with E-state index in [9.17, 15) is 9.59 Å². The Kier molecular flexibility index (Phi) is 3.80. The van der Waals surface area contributed by atoms with Crippen LogP contribution < -0.4 is 5.32 Å². The van der Waals surface area contributed by atoms with E-state index < -0.39 is 0 Å². The van der Waals surface area contributed by atoms with Gasteiger partial charge in [0.05, 0.1) is 0 Å². The molecule has 0 aliphatic rings. The first kappa shape index (κ1) is 11.2. The Hall–Kier alpha value is -1.90. The van der Waals surface area contributed by atoms with Crippen molar-refractivity contribution in [2.75, 3.05) is 6.54 Å². The summed E-state index contributed by atoms with van der Waals surface area (Å²) in [6, 6.07) is 6.56. The molecule has 0 bridgehead atoms. The zero-order valence-electron chi connectivity index (χ0n) is 8.62. The van der Waals surface area contributed by atoms with Gasteiger partial charge in [-0.2, -0.15) is 0 Å². The van der Waals surface area contributed by atoms with Crippen molar-refractivity contribution < 1.29 is 9.59 Å². The number of amides is 1. The lowest BCUT2D eigenvalue weighted by Gasteiger charge is -2.02. The Balaban J connectivity index is 2.75. The molecule has 1 rings (SSSR count). The predicted molar refractivity (Wildman–Crippen MR) is 59.0 cm³/mol. The lowest BCUT2D eigenvalue weighted by molar-refractivity contribution is 0.0955. The Labute approximate surface area is 88.8 Å². The lowest BCUT2D eigenvalue weighted by Crippen LogP contribution is -2.23. The molecule has 1 N–H and O–H groups in total. The Morgan fingerprint density at radius 2 is 1.80 bits per heavy atom. The van der Waals surface area contributed by atoms with Gasteiger partial charge in [0.15, 0.2) is 5.78 Å². The summed E-state index contributed by atoms with van der Waals surface area (Å²) >= 11 is 0. The Morgan fingerprint density at radius 3 is 2.27 bits per heavy atom. The number of benzene rings is 1. The fourth-order valence-electron chi connectivity index (χ4n) is 1.12. The minimum atomic E-state index is -0.162. The van der Waals surface area contributed by atoms with E-state index in [2.05, 4.69) is 11.9 Å². The van der Waals surface area contributed by atoms with E-state index in [0.29, 0.717) is 17.7 Å². The normalized spacial score (nSPS) is 9.40. The summed E-state index contributed by atoms with van der Waals surface area (Å²) in [5, 5.41) is 2.66.